The van der Waals surface area contributed by atoms with E-state index in [1.807, 2.05) is 44.3 Å². The molecule has 0 saturated heterocycles. The van der Waals surface area contributed by atoms with Crippen LogP contribution in [0, 0.1) is 23.2 Å². The average Bonchev–Trinajstić information content (AvgIpc) is 3.07. The van der Waals surface area contributed by atoms with E-state index in [2.05, 4.69) is 18.8 Å². The van der Waals surface area contributed by atoms with Crippen LogP contribution in [0.2, 0.25) is 0 Å². The second kappa shape index (κ2) is 7.97. The molecule has 30 heavy (non-hydrogen) atoms. The molecular weight excluding hydrogens is 394 g/mol. The SMILES string of the molecule is C[C@H](C(=O)N(C)Cc1ccccc1)[C@H]1CC[C@]2(C)Cc3sc(N)nc3[C@@H](C)[C@@H]2[C@H]1O. The van der Waals surface area contributed by atoms with Crippen LogP contribution in [-0.2, 0) is 17.8 Å². The zero-order valence-corrected chi connectivity index (χ0v) is 19.2. The highest BCUT2D eigenvalue weighted by atomic mass is 32.1. The molecule has 1 fully saturated rings. The lowest BCUT2D eigenvalue weighted by Crippen LogP contribution is -2.53. The highest BCUT2D eigenvalue weighted by Gasteiger charge is 2.54. The van der Waals surface area contributed by atoms with Crippen molar-refractivity contribution in [3.63, 3.8) is 0 Å². The van der Waals surface area contributed by atoms with Crippen LogP contribution in [0.4, 0.5) is 5.13 Å². The largest absolute Gasteiger partial charge is 0.392 e. The summed E-state index contributed by atoms with van der Waals surface area (Å²) in [6.45, 7) is 7.03. The van der Waals surface area contributed by atoms with E-state index in [0.717, 1.165) is 30.5 Å². The van der Waals surface area contributed by atoms with Gasteiger partial charge in [0.05, 0.1) is 11.8 Å². The summed E-state index contributed by atoms with van der Waals surface area (Å²) in [6, 6.07) is 10.0. The standard InChI is InChI=1S/C24H33N3O2S/c1-14(22(29)27(4)13-16-8-6-5-7-9-16)17-10-11-24(3)12-18-20(26-23(25)30-18)15(2)19(24)21(17)28/h5-9,14-15,17,19,21,28H,10-13H2,1-4H3,(H2,25,26)/t14-,15-,17+,19+,21-,24+/m0/s1. The van der Waals surface area contributed by atoms with E-state index in [-0.39, 0.29) is 35.0 Å². The van der Waals surface area contributed by atoms with Crippen molar-refractivity contribution in [1.29, 1.82) is 0 Å². The summed E-state index contributed by atoms with van der Waals surface area (Å²) in [5, 5.41) is 12.1. The predicted octanol–water partition coefficient (Wildman–Crippen LogP) is 4.07. The van der Waals surface area contributed by atoms with Gasteiger partial charge in [-0.1, -0.05) is 51.1 Å². The van der Waals surface area contributed by atoms with Crippen LogP contribution >= 0.6 is 11.3 Å². The third-order valence-corrected chi connectivity index (χ3v) is 8.51. The number of hydrogen-bond acceptors (Lipinski definition) is 5. The number of rotatable bonds is 4. The number of hydrogen-bond donors (Lipinski definition) is 2. The van der Waals surface area contributed by atoms with Gasteiger partial charge in [0, 0.05) is 30.3 Å². The number of amides is 1. The number of carbonyl (C=O) groups is 1. The first-order valence-corrected chi connectivity index (χ1v) is 11.7. The summed E-state index contributed by atoms with van der Waals surface area (Å²) in [4.78, 5) is 20.9. The van der Waals surface area contributed by atoms with Gasteiger partial charge in [-0.2, -0.15) is 0 Å². The molecule has 0 aliphatic heterocycles. The minimum atomic E-state index is -0.515. The van der Waals surface area contributed by atoms with Crippen molar-refractivity contribution in [2.75, 3.05) is 12.8 Å². The molecule has 2 aromatic rings. The molecule has 2 aliphatic rings. The fourth-order valence-electron chi connectivity index (χ4n) is 6.03. The number of aliphatic hydroxyl groups excluding tert-OH is 1. The maximum Gasteiger partial charge on any atom is 0.225 e. The van der Waals surface area contributed by atoms with Crippen LogP contribution in [0.3, 0.4) is 0 Å². The Kier molecular flexibility index (Phi) is 5.66. The minimum absolute atomic E-state index is 0.0278. The van der Waals surface area contributed by atoms with Gasteiger partial charge in [0.2, 0.25) is 5.91 Å². The third-order valence-electron chi connectivity index (χ3n) is 7.61. The van der Waals surface area contributed by atoms with Crippen molar-refractivity contribution < 1.29 is 9.90 Å². The molecule has 4 rings (SSSR count). The topological polar surface area (TPSA) is 79.5 Å². The molecule has 0 spiro atoms. The summed E-state index contributed by atoms with van der Waals surface area (Å²) >= 11 is 1.59. The lowest BCUT2D eigenvalue weighted by atomic mass is 9.53. The molecule has 6 atom stereocenters. The number of aliphatic hydroxyl groups is 1. The number of anilines is 1. The zero-order valence-electron chi connectivity index (χ0n) is 18.3. The van der Waals surface area contributed by atoms with E-state index >= 15 is 0 Å². The van der Waals surface area contributed by atoms with Crippen molar-refractivity contribution in [2.24, 2.45) is 23.2 Å². The molecule has 1 heterocycles. The molecule has 0 radical (unpaired) electrons. The summed E-state index contributed by atoms with van der Waals surface area (Å²) in [5.41, 5.74) is 8.20. The van der Waals surface area contributed by atoms with Gasteiger partial charge in [0.15, 0.2) is 5.13 Å². The predicted molar refractivity (Wildman–Crippen MR) is 121 cm³/mol. The van der Waals surface area contributed by atoms with E-state index in [9.17, 15) is 9.90 Å². The molecular formula is C24H33N3O2S. The van der Waals surface area contributed by atoms with Gasteiger partial charge in [-0.15, -0.1) is 11.3 Å². The van der Waals surface area contributed by atoms with Crippen LogP contribution in [0.1, 0.15) is 55.7 Å². The van der Waals surface area contributed by atoms with Gasteiger partial charge < -0.3 is 15.7 Å². The smallest absolute Gasteiger partial charge is 0.225 e. The fraction of sp³-hybridized carbons (Fsp3) is 0.583. The third kappa shape index (κ3) is 3.65. The number of benzene rings is 1. The Morgan fingerprint density at radius 3 is 2.80 bits per heavy atom. The number of nitrogens with zero attached hydrogens (tertiary/aromatic N) is 2. The lowest BCUT2D eigenvalue weighted by molar-refractivity contribution is -0.144. The maximum absolute atomic E-state index is 13.2. The summed E-state index contributed by atoms with van der Waals surface area (Å²) in [7, 11) is 1.86. The number of thiazole rings is 1. The quantitative estimate of drug-likeness (QED) is 0.771. The highest BCUT2D eigenvalue weighted by Crippen LogP contribution is 2.57. The zero-order chi connectivity index (χ0) is 21.6. The number of fused-ring (bicyclic) bond motifs is 2. The van der Waals surface area contributed by atoms with Crippen LogP contribution in [-0.4, -0.2) is 34.0 Å². The monoisotopic (exact) mass is 427 g/mol. The number of nitrogen functional groups attached to an aromatic ring is 1. The van der Waals surface area contributed by atoms with Crippen molar-refractivity contribution >= 4 is 22.4 Å². The molecule has 1 aromatic carbocycles. The second-order valence-corrected chi connectivity index (χ2v) is 10.8. The molecule has 2 aliphatic carbocycles. The highest BCUT2D eigenvalue weighted by molar-refractivity contribution is 7.15. The van der Waals surface area contributed by atoms with E-state index < -0.39 is 6.10 Å². The molecule has 6 heteroatoms. The summed E-state index contributed by atoms with van der Waals surface area (Å²) in [6.07, 6.45) is 2.29. The fourth-order valence-corrected chi connectivity index (χ4v) is 7.17. The molecule has 1 saturated carbocycles. The van der Waals surface area contributed by atoms with Crippen molar-refractivity contribution in [1.82, 2.24) is 9.88 Å². The van der Waals surface area contributed by atoms with Gasteiger partial charge in [-0.3, -0.25) is 4.79 Å². The first-order valence-electron chi connectivity index (χ1n) is 10.9. The van der Waals surface area contributed by atoms with E-state index in [1.54, 1.807) is 16.2 Å². The Bertz CT molecular complexity index is 914. The van der Waals surface area contributed by atoms with Gasteiger partial charge in [-0.05, 0) is 42.1 Å². The lowest BCUT2D eigenvalue weighted by Gasteiger charge is -2.53. The molecule has 3 N–H and O–H groups in total. The van der Waals surface area contributed by atoms with Gasteiger partial charge >= 0.3 is 0 Å². The summed E-state index contributed by atoms with van der Waals surface area (Å²) < 4.78 is 0. The summed E-state index contributed by atoms with van der Waals surface area (Å²) in [5.74, 6) is 0.101. The normalized spacial score (nSPS) is 31.5. The molecule has 5 nitrogen and oxygen atoms in total. The van der Waals surface area contributed by atoms with E-state index in [0.29, 0.717) is 11.7 Å². The van der Waals surface area contributed by atoms with Gasteiger partial charge in [-0.25, -0.2) is 4.98 Å². The van der Waals surface area contributed by atoms with E-state index in [1.165, 1.54) is 4.88 Å². The van der Waals surface area contributed by atoms with E-state index in [4.69, 9.17) is 5.73 Å². The Labute approximate surface area is 183 Å². The molecule has 1 aromatic heterocycles. The maximum atomic E-state index is 13.2. The van der Waals surface area contributed by atoms with Crippen molar-refractivity contribution in [3.05, 3.63) is 46.5 Å². The van der Waals surface area contributed by atoms with Crippen LogP contribution in [0.25, 0.3) is 0 Å². The van der Waals surface area contributed by atoms with Gasteiger partial charge in [0.1, 0.15) is 0 Å². The minimum Gasteiger partial charge on any atom is -0.392 e. The first-order chi connectivity index (χ1) is 14.2. The second-order valence-electron chi connectivity index (χ2n) is 9.67. The molecule has 0 unspecified atom stereocenters. The Balaban J connectivity index is 1.51. The molecule has 162 valence electrons. The van der Waals surface area contributed by atoms with Crippen molar-refractivity contribution in [3.8, 4) is 0 Å². The Hall–Kier alpha value is -1.92. The van der Waals surface area contributed by atoms with Crippen LogP contribution in [0.15, 0.2) is 30.3 Å². The molecule has 0 bridgehead atoms. The first kappa shape index (κ1) is 21.3. The Morgan fingerprint density at radius 2 is 2.10 bits per heavy atom. The van der Waals surface area contributed by atoms with Crippen molar-refractivity contribution in [2.45, 2.75) is 58.6 Å². The average molecular weight is 428 g/mol. The number of nitrogens with two attached hydrogens (primary N) is 1. The van der Waals surface area contributed by atoms with Crippen LogP contribution in [0.5, 0.6) is 0 Å². The Morgan fingerprint density at radius 1 is 1.40 bits per heavy atom. The number of carbonyl (C=O) groups excluding carboxylic acids is 1. The number of aromatic nitrogens is 1. The van der Waals surface area contributed by atoms with Crippen LogP contribution < -0.4 is 5.73 Å². The van der Waals surface area contributed by atoms with Gasteiger partial charge in [0.25, 0.3) is 0 Å². The molecule has 1 amide bonds.